The van der Waals surface area contributed by atoms with Gasteiger partial charge in [-0.25, -0.2) is 0 Å². The molecule has 0 atom stereocenters. The van der Waals surface area contributed by atoms with Crippen LogP contribution < -0.4 is 5.43 Å². The summed E-state index contributed by atoms with van der Waals surface area (Å²) in [6.07, 6.45) is 0. The molecule has 4 aromatic heterocycles. The largest absolute Gasteiger partial charge is 0.303 e. The maximum Gasteiger partial charge on any atom is 0.197 e. The smallest absolute Gasteiger partial charge is 0.197 e. The summed E-state index contributed by atoms with van der Waals surface area (Å²) in [5, 5.41) is 2.61. The summed E-state index contributed by atoms with van der Waals surface area (Å²) < 4.78 is 7.12. The van der Waals surface area contributed by atoms with Gasteiger partial charge in [-0.1, -0.05) is 91.0 Å². The summed E-state index contributed by atoms with van der Waals surface area (Å²) >= 11 is 0. The van der Waals surface area contributed by atoms with E-state index in [0.29, 0.717) is 0 Å². The Hall–Kier alpha value is -5.87. The Labute approximate surface area is 245 Å². The molecule has 10 rings (SSSR count). The van der Waals surface area contributed by atoms with Crippen LogP contribution in [0.5, 0.6) is 0 Å². The van der Waals surface area contributed by atoms with Crippen molar-refractivity contribution in [3.05, 3.63) is 150 Å². The number of hydrogen-bond donors (Lipinski definition) is 0. The van der Waals surface area contributed by atoms with Crippen LogP contribution in [0.3, 0.4) is 0 Å². The predicted octanol–water partition coefficient (Wildman–Crippen LogP) is 9.19. The second-order valence-corrected chi connectivity index (χ2v) is 11.4. The van der Waals surface area contributed by atoms with Crippen molar-refractivity contribution in [1.29, 1.82) is 0 Å². The summed E-state index contributed by atoms with van der Waals surface area (Å²) in [6, 6.07) is 48.7. The van der Waals surface area contributed by atoms with Crippen molar-refractivity contribution in [2.24, 2.45) is 0 Å². The molecule has 4 nitrogen and oxygen atoms in total. The molecule has 10 aromatic rings. The van der Waals surface area contributed by atoms with Crippen molar-refractivity contribution in [2.45, 2.75) is 0 Å². The lowest BCUT2D eigenvalue weighted by Crippen LogP contribution is -2.10. The van der Waals surface area contributed by atoms with E-state index < -0.39 is 0 Å². The van der Waals surface area contributed by atoms with Crippen LogP contribution >= 0.6 is 0 Å². The monoisotopic (exact) mass is 549 g/mol. The Balaban J connectivity index is 1.54. The van der Waals surface area contributed by atoms with Crippen LogP contribution in [0.15, 0.2) is 144 Å². The van der Waals surface area contributed by atoms with Gasteiger partial charge >= 0.3 is 0 Å². The van der Waals surface area contributed by atoms with Crippen molar-refractivity contribution in [3.8, 4) is 22.3 Å². The first-order chi connectivity index (χ1) is 21.3. The van der Waals surface area contributed by atoms with Gasteiger partial charge in [0.15, 0.2) is 5.43 Å². The van der Waals surface area contributed by atoms with Crippen LogP contribution in [0.2, 0.25) is 0 Å². The van der Waals surface area contributed by atoms with Gasteiger partial charge in [0, 0.05) is 16.2 Å². The van der Waals surface area contributed by atoms with Gasteiger partial charge in [-0.3, -0.25) is 13.6 Å². The molecular weight excluding hydrogens is 526 g/mol. The number of benzene rings is 6. The van der Waals surface area contributed by atoms with Crippen LogP contribution in [0.4, 0.5) is 0 Å². The molecule has 0 amide bonds. The second kappa shape index (κ2) is 8.11. The molecule has 0 saturated heterocycles. The molecule has 0 aliphatic carbocycles. The molecule has 0 saturated carbocycles. The molecule has 200 valence electrons. The Morgan fingerprint density at radius 2 is 0.930 bits per heavy atom. The maximum absolute atomic E-state index is 14.2. The number of nitrogens with zero attached hydrogens (tertiary/aromatic N) is 3. The van der Waals surface area contributed by atoms with Crippen LogP contribution in [-0.2, 0) is 0 Å². The molecule has 0 aliphatic heterocycles. The molecule has 0 aliphatic rings. The molecule has 0 bridgehead atoms. The van der Waals surface area contributed by atoms with Crippen molar-refractivity contribution < 1.29 is 0 Å². The number of para-hydroxylation sites is 3. The number of hydrogen-bond acceptors (Lipinski definition) is 1. The summed E-state index contributed by atoms with van der Waals surface area (Å²) in [7, 11) is 0. The van der Waals surface area contributed by atoms with Gasteiger partial charge in [0.05, 0.1) is 38.6 Å². The molecular formula is C39H23N3O. The van der Waals surface area contributed by atoms with Gasteiger partial charge in [-0.15, -0.1) is 0 Å². The molecule has 43 heavy (non-hydrogen) atoms. The third-order valence-corrected chi connectivity index (χ3v) is 9.12. The predicted molar refractivity (Wildman–Crippen MR) is 178 cm³/mol. The zero-order valence-electron chi connectivity index (χ0n) is 23.0. The van der Waals surface area contributed by atoms with E-state index in [1.165, 1.54) is 11.1 Å². The van der Waals surface area contributed by atoms with Gasteiger partial charge in [0.1, 0.15) is 5.65 Å². The van der Waals surface area contributed by atoms with E-state index in [1.54, 1.807) is 0 Å². The topological polar surface area (TPSA) is 30.3 Å². The van der Waals surface area contributed by atoms with E-state index in [-0.39, 0.29) is 5.43 Å². The molecule has 0 spiro atoms. The number of imidazole rings is 1. The minimum atomic E-state index is 0.0620. The normalized spacial score (nSPS) is 12.3. The average molecular weight is 550 g/mol. The van der Waals surface area contributed by atoms with Gasteiger partial charge in [0.25, 0.3) is 0 Å². The lowest BCUT2D eigenvalue weighted by molar-refractivity contribution is 1.21. The highest BCUT2D eigenvalue weighted by Crippen LogP contribution is 2.41. The van der Waals surface area contributed by atoms with E-state index in [2.05, 4.69) is 128 Å². The highest BCUT2D eigenvalue weighted by Gasteiger charge is 2.25. The summed E-state index contributed by atoms with van der Waals surface area (Å²) in [5.74, 6) is 0. The van der Waals surface area contributed by atoms with Crippen LogP contribution in [0.25, 0.3) is 82.7 Å². The SMILES string of the molecule is O=c1c2ccccc2n2c3c1cc(-c1ccccc1)cc3n1c3ccccc3n3c4cc(-c5ccccc5)ccc4c2c31. The maximum atomic E-state index is 14.2. The Bertz CT molecular complexity index is 2780. The number of rotatable bonds is 2. The summed E-state index contributed by atoms with van der Waals surface area (Å²) in [5.41, 5.74) is 13.0. The summed E-state index contributed by atoms with van der Waals surface area (Å²) in [6.45, 7) is 0. The minimum absolute atomic E-state index is 0.0620. The fourth-order valence-electron chi connectivity index (χ4n) is 7.29. The van der Waals surface area contributed by atoms with E-state index in [1.807, 2.05) is 24.3 Å². The fraction of sp³-hybridized carbons (Fsp3) is 0. The van der Waals surface area contributed by atoms with E-state index in [9.17, 15) is 4.79 Å². The van der Waals surface area contributed by atoms with Crippen molar-refractivity contribution in [3.63, 3.8) is 0 Å². The third-order valence-electron chi connectivity index (χ3n) is 9.12. The quantitative estimate of drug-likeness (QED) is 0.156. The molecule has 0 radical (unpaired) electrons. The molecule has 6 aromatic carbocycles. The third kappa shape index (κ3) is 2.87. The number of aromatic nitrogens is 3. The Kier molecular flexibility index (Phi) is 4.30. The highest BCUT2D eigenvalue weighted by atomic mass is 16.1. The van der Waals surface area contributed by atoms with Gasteiger partial charge in [0.2, 0.25) is 0 Å². The minimum Gasteiger partial charge on any atom is -0.303 e. The van der Waals surface area contributed by atoms with Crippen molar-refractivity contribution in [1.82, 2.24) is 13.2 Å². The van der Waals surface area contributed by atoms with E-state index >= 15 is 0 Å². The Morgan fingerprint density at radius 3 is 1.65 bits per heavy atom. The lowest BCUT2D eigenvalue weighted by atomic mass is 10.00. The van der Waals surface area contributed by atoms with Gasteiger partial charge < -0.3 is 4.40 Å². The van der Waals surface area contributed by atoms with Crippen LogP contribution in [-0.4, -0.2) is 13.2 Å². The average Bonchev–Trinajstić information content (AvgIpc) is 3.59. The lowest BCUT2D eigenvalue weighted by Gasteiger charge is -2.17. The fourth-order valence-corrected chi connectivity index (χ4v) is 7.29. The van der Waals surface area contributed by atoms with Gasteiger partial charge in [-0.2, -0.15) is 0 Å². The zero-order valence-corrected chi connectivity index (χ0v) is 23.0. The first-order valence-electron chi connectivity index (χ1n) is 14.6. The number of pyridine rings is 1. The summed E-state index contributed by atoms with van der Waals surface area (Å²) in [4.78, 5) is 14.2. The standard InChI is InChI=1S/C39H23N3O/c43-38-29-15-7-8-16-31(29)42-36-30(38)21-27(25-13-5-2-6-14-25)23-35(36)41-33-18-10-9-17-32(33)40-34-22-26(24-11-3-1-4-12-24)19-20-28(34)37(42)39(40)41/h1-23H. The zero-order chi connectivity index (χ0) is 28.2. The van der Waals surface area contributed by atoms with E-state index in [4.69, 9.17) is 0 Å². The van der Waals surface area contributed by atoms with Crippen molar-refractivity contribution in [2.75, 3.05) is 0 Å². The molecule has 4 heterocycles. The van der Waals surface area contributed by atoms with Crippen molar-refractivity contribution >= 4 is 60.4 Å². The Morgan fingerprint density at radius 1 is 0.349 bits per heavy atom. The highest BCUT2D eigenvalue weighted by molar-refractivity contribution is 6.17. The number of fused-ring (bicyclic) bond motifs is 10. The molecule has 0 fully saturated rings. The molecule has 0 N–H and O–H groups in total. The molecule has 4 heteroatoms. The first kappa shape index (κ1) is 22.8. The first-order valence-corrected chi connectivity index (χ1v) is 14.6. The second-order valence-electron chi connectivity index (χ2n) is 11.4. The molecule has 0 unspecified atom stereocenters. The van der Waals surface area contributed by atoms with Crippen LogP contribution in [0, 0.1) is 0 Å². The van der Waals surface area contributed by atoms with Gasteiger partial charge in [-0.05, 0) is 70.8 Å². The van der Waals surface area contributed by atoms with Crippen LogP contribution in [0.1, 0.15) is 0 Å². The van der Waals surface area contributed by atoms with E-state index in [0.717, 1.165) is 71.5 Å².